The zero-order chi connectivity index (χ0) is 15.4. The van der Waals surface area contributed by atoms with E-state index in [1.54, 1.807) is 6.07 Å². The number of rotatable bonds is 5. The maximum absolute atomic E-state index is 11.3. The number of carboxylic acid groups (broad SMARTS) is 1. The van der Waals surface area contributed by atoms with Gasteiger partial charge in [-0.25, -0.2) is 0 Å². The Kier molecular flexibility index (Phi) is 5.07. The molecule has 0 saturated heterocycles. The summed E-state index contributed by atoms with van der Waals surface area (Å²) in [5.41, 5.74) is 0.704. The van der Waals surface area contributed by atoms with Gasteiger partial charge in [-0.2, -0.15) is 0 Å². The molecule has 0 aliphatic heterocycles. The standard InChI is InChI=1S/C16H23NO4/c1-10(13-7-6-12(18)8-15(13)19)17-9-11-4-2-3-5-14(11)16(20)21/h6-8,10-11,14,17-19H,2-5,9H2,1H3,(H,20,21). The normalized spacial score (nSPS) is 23.7. The summed E-state index contributed by atoms with van der Waals surface area (Å²) in [5.74, 6) is -0.762. The molecule has 1 aliphatic rings. The summed E-state index contributed by atoms with van der Waals surface area (Å²) < 4.78 is 0. The van der Waals surface area contributed by atoms with Crippen LogP contribution in [0.4, 0.5) is 0 Å². The molecule has 1 saturated carbocycles. The minimum Gasteiger partial charge on any atom is -0.508 e. The molecule has 116 valence electrons. The van der Waals surface area contributed by atoms with Gasteiger partial charge in [-0.15, -0.1) is 0 Å². The average molecular weight is 293 g/mol. The fourth-order valence-corrected chi connectivity index (χ4v) is 3.11. The van der Waals surface area contributed by atoms with E-state index in [1.165, 1.54) is 12.1 Å². The van der Waals surface area contributed by atoms with E-state index in [0.29, 0.717) is 12.1 Å². The van der Waals surface area contributed by atoms with E-state index >= 15 is 0 Å². The molecule has 0 spiro atoms. The topological polar surface area (TPSA) is 89.8 Å². The second-order valence-corrected chi connectivity index (χ2v) is 5.86. The lowest BCUT2D eigenvalue weighted by molar-refractivity contribution is -0.144. The molecule has 0 aromatic heterocycles. The fourth-order valence-electron chi connectivity index (χ4n) is 3.11. The van der Waals surface area contributed by atoms with Gasteiger partial charge in [0.25, 0.3) is 0 Å². The minimum atomic E-state index is -0.707. The number of phenolic OH excluding ortho intramolecular Hbond substituents is 2. The quantitative estimate of drug-likeness (QED) is 0.670. The predicted molar refractivity (Wildman–Crippen MR) is 79.3 cm³/mol. The molecule has 3 unspecified atom stereocenters. The highest BCUT2D eigenvalue weighted by Gasteiger charge is 2.30. The lowest BCUT2D eigenvalue weighted by Gasteiger charge is -2.30. The first-order valence-corrected chi connectivity index (χ1v) is 7.47. The molecule has 1 fully saturated rings. The molecule has 1 aromatic rings. The maximum atomic E-state index is 11.3. The molecule has 0 heterocycles. The van der Waals surface area contributed by atoms with E-state index in [-0.39, 0.29) is 29.4 Å². The van der Waals surface area contributed by atoms with Gasteiger partial charge in [-0.3, -0.25) is 4.79 Å². The molecule has 5 heteroatoms. The Morgan fingerprint density at radius 2 is 2.05 bits per heavy atom. The second-order valence-electron chi connectivity index (χ2n) is 5.86. The molecule has 0 radical (unpaired) electrons. The molecule has 21 heavy (non-hydrogen) atoms. The van der Waals surface area contributed by atoms with E-state index in [4.69, 9.17) is 0 Å². The summed E-state index contributed by atoms with van der Waals surface area (Å²) >= 11 is 0. The lowest BCUT2D eigenvalue weighted by atomic mass is 9.79. The van der Waals surface area contributed by atoms with Crippen molar-refractivity contribution >= 4 is 5.97 Å². The highest BCUT2D eigenvalue weighted by Crippen LogP contribution is 2.31. The number of phenols is 2. The Morgan fingerprint density at radius 3 is 2.71 bits per heavy atom. The summed E-state index contributed by atoms with van der Waals surface area (Å²) in [6.07, 6.45) is 3.75. The minimum absolute atomic E-state index is 0.0293. The molecule has 2 rings (SSSR count). The van der Waals surface area contributed by atoms with Gasteiger partial charge >= 0.3 is 5.97 Å². The van der Waals surface area contributed by atoms with E-state index < -0.39 is 5.97 Å². The maximum Gasteiger partial charge on any atom is 0.306 e. The van der Waals surface area contributed by atoms with Crippen LogP contribution in [0.1, 0.15) is 44.2 Å². The molecule has 1 aliphatic carbocycles. The Bertz CT molecular complexity index is 503. The van der Waals surface area contributed by atoms with Crippen LogP contribution < -0.4 is 5.32 Å². The van der Waals surface area contributed by atoms with Crippen molar-refractivity contribution in [2.24, 2.45) is 11.8 Å². The van der Waals surface area contributed by atoms with Gasteiger partial charge in [0.05, 0.1) is 5.92 Å². The van der Waals surface area contributed by atoms with Crippen LogP contribution in [0.25, 0.3) is 0 Å². The van der Waals surface area contributed by atoms with Crippen molar-refractivity contribution in [2.75, 3.05) is 6.54 Å². The van der Waals surface area contributed by atoms with Gasteiger partial charge in [0.2, 0.25) is 0 Å². The molecular weight excluding hydrogens is 270 g/mol. The van der Waals surface area contributed by atoms with Gasteiger partial charge in [0.15, 0.2) is 0 Å². The Hall–Kier alpha value is -1.75. The zero-order valence-corrected chi connectivity index (χ0v) is 12.2. The number of carboxylic acids is 1. The lowest BCUT2D eigenvalue weighted by Crippen LogP contribution is -2.35. The number of aliphatic carboxylic acids is 1. The zero-order valence-electron chi connectivity index (χ0n) is 12.2. The predicted octanol–water partition coefficient (Wildman–Crippen LogP) is 2.64. The van der Waals surface area contributed by atoms with Gasteiger partial charge in [0.1, 0.15) is 11.5 Å². The summed E-state index contributed by atoms with van der Waals surface area (Å²) in [6, 6.07) is 4.43. The highest BCUT2D eigenvalue weighted by molar-refractivity contribution is 5.70. The second kappa shape index (κ2) is 6.80. The smallest absolute Gasteiger partial charge is 0.306 e. The van der Waals surface area contributed by atoms with Crippen molar-refractivity contribution in [1.82, 2.24) is 5.32 Å². The first kappa shape index (κ1) is 15.6. The van der Waals surface area contributed by atoms with E-state index in [1.807, 2.05) is 6.92 Å². The van der Waals surface area contributed by atoms with Crippen molar-refractivity contribution in [2.45, 2.75) is 38.6 Å². The molecular formula is C16H23NO4. The third-order valence-corrected chi connectivity index (χ3v) is 4.39. The van der Waals surface area contributed by atoms with Crippen molar-refractivity contribution in [3.05, 3.63) is 23.8 Å². The van der Waals surface area contributed by atoms with Crippen molar-refractivity contribution in [1.29, 1.82) is 0 Å². The molecule has 0 bridgehead atoms. The summed E-state index contributed by atoms with van der Waals surface area (Å²) in [7, 11) is 0. The first-order chi connectivity index (χ1) is 9.99. The number of carbonyl (C=O) groups is 1. The van der Waals surface area contributed by atoms with Crippen molar-refractivity contribution in [3.63, 3.8) is 0 Å². The van der Waals surface area contributed by atoms with Crippen molar-refractivity contribution in [3.8, 4) is 11.5 Å². The number of benzene rings is 1. The van der Waals surface area contributed by atoms with E-state index in [0.717, 1.165) is 25.7 Å². The van der Waals surface area contributed by atoms with Crippen LogP contribution in [0, 0.1) is 11.8 Å². The van der Waals surface area contributed by atoms with Crippen LogP contribution in [0.2, 0.25) is 0 Å². The molecule has 3 atom stereocenters. The fraction of sp³-hybridized carbons (Fsp3) is 0.562. The monoisotopic (exact) mass is 293 g/mol. The van der Waals surface area contributed by atoms with Crippen LogP contribution in [0.5, 0.6) is 11.5 Å². The SMILES string of the molecule is CC(NCC1CCCCC1C(=O)O)c1ccc(O)cc1O. The third kappa shape index (κ3) is 3.88. The number of aromatic hydroxyl groups is 2. The van der Waals surface area contributed by atoms with Crippen LogP contribution >= 0.6 is 0 Å². The van der Waals surface area contributed by atoms with Crippen LogP contribution in [-0.2, 0) is 4.79 Å². The third-order valence-electron chi connectivity index (χ3n) is 4.39. The number of nitrogens with one attached hydrogen (secondary N) is 1. The van der Waals surface area contributed by atoms with Gasteiger partial charge in [0, 0.05) is 17.7 Å². The molecule has 0 amide bonds. The average Bonchev–Trinajstić information content (AvgIpc) is 2.45. The summed E-state index contributed by atoms with van der Waals surface area (Å²) in [4.78, 5) is 11.3. The summed E-state index contributed by atoms with van der Waals surface area (Å²) in [5, 5.41) is 31.7. The Labute approximate surface area is 124 Å². The van der Waals surface area contributed by atoms with Gasteiger partial charge in [-0.1, -0.05) is 18.9 Å². The summed E-state index contributed by atoms with van der Waals surface area (Å²) in [6.45, 7) is 2.54. The van der Waals surface area contributed by atoms with E-state index in [9.17, 15) is 20.1 Å². The Morgan fingerprint density at radius 1 is 1.33 bits per heavy atom. The van der Waals surface area contributed by atoms with Crippen LogP contribution in [-0.4, -0.2) is 27.8 Å². The molecule has 1 aromatic carbocycles. The molecule has 4 N–H and O–H groups in total. The van der Waals surface area contributed by atoms with Gasteiger partial charge in [-0.05, 0) is 38.3 Å². The largest absolute Gasteiger partial charge is 0.508 e. The Balaban J connectivity index is 1.96. The highest BCUT2D eigenvalue weighted by atomic mass is 16.4. The van der Waals surface area contributed by atoms with Crippen molar-refractivity contribution < 1.29 is 20.1 Å². The number of hydrogen-bond acceptors (Lipinski definition) is 4. The van der Waals surface area contributed by atoms with E-state index in [2.05, 4.69) is 5.32 Å². The number of hydrogen-bond donors (Lipinski definition) is 4. The van der Waals surface area contributed by atoms with Gasteiger partial charge < -0.3 is 20.6 Å². The first-order valence-electron chi connectivity index (χ1n) is 7.47. The molecule has 5 nitrogen and oxygen atoms in total. The van der Waals surface area contributed by atoms with Crippen LogP contribution in [0.3, 0.4) is 0 Å². The van der Waals surface area contributed by atoms with Crippen LogP contribution in [0.15, 0.2) is 18.2 Å².